The van der Waals surface area contributed by atoms with Gasteiger partial charge in [-0.25, -0.2) is 0 Å². The van der Waals surface area contributed by atoms with Crippen LogP contribution in [0.5, 0.6) is 0 Å². The topological polar surface area (TPSA) is 66.6 Å². The highest BCUT2D eigenvalue weighted by Gasteiger charge is 2.27. The van der Waals surface area contributed by atoms with Gasteiger partial charge in [0.1, 0.15) is 0 Å². The van der Waals surface area contributed by atoms with Gasteiger partial charge < -0.3 is 15.7 Å². The molecule has 0 spiro atoms. The summed E-state index contributed by atoms with van der Waals surface area (Å²) in [5.41, 5.74) is 5.98. The second-order valence-electron chi connectivity index (χ2n) is 4.54. The maximum atomic E-state index is 12.4. The highest BCUT2D eigenvalue weighted by Crippen LogP contribution is 2.22. The number of carbonyl (C=O) groups is 1. The number of aliphatic hydroxyl groups is 1. The first-order chi connectivity index (χ1) is 9.26. The SMILES string of the molecule is NCC#Cc1cc(C(=O)N2CCCCC2CO)cs1. The lowest BCUT2D eigenvalue weighted by molar-refractivity contribution is 0.0503. The van der Waals surface area contributed by atoms with Gasteiger partial charge in [-0.3, -0.25) is 4.79 Å². The number of thiophene rings is 1. The Bertz CT molecular complexity index is 501. The van der Waals surface area contributed by atoms with Crippen LogP contribution in [0.4, 0.5) is 0 Å². The minimum absolute atomic E-state index is 0.00389. The third-order valence-electron chi connectivity index (χ3n) is 3.26. The minimum atomic E-state index is -0.0419. The molecule has 1 aromatic heterocycles. The Balaban J connectivity index is 2.12. The van der Waals surface area contributed by atoms with Crippen molar-refractivity contribution in [2.24, 2.45) is 5.73 Å². The lowest BCUT2D eigenvalue weighted by Crippen LogP contribution is -2.45. The fourth-order valence-corrected chi connectivity index (χ4v) is 3.02. The first kappa shape index (κ1) is 14.1. The lowest BCUT2D eigenvalue weighted by Gasteiger charge is -2.34. The Hall–Kier alpha value is -1.35. The molecular formula is C14H18N2O2S. The molecule has 1 amide bonds. The van der Waals surface area contributed by atoms with Crippen LogP contribution >= 0.6 is 11.3 Å². The van der Waals surface area contributed by atoms with E-state index in [1.165, 1.54) is 11.3 Å². The molecule has 1 aliphatic rings. The van der Waals surface area contributed by atoms with Crippen molar-refractivity contribution in [2.75, 3.05) is 19.7 Å². The second kappa shape index (κ2) is 6.71. The molecule has 2 rings (SSSR count). The van der Waals surface area contributed by atoms with E-state index in [0.717, 1.165) is 30.7 Å². The molecule has 2 heterocycles. The van der Waals surface area contributed by atoms with Gasteiger partial charge in [0.15, 0.2) is 0 Å². The number of carbonyl (C=O) groups excluding carboxylic acids is 1. The van der Waals surface area contributed by atoms with E-state index in [1.54, 1.807) is 11.0 Å². The Morgan fingerprint density at radius 2 is 2.42 bits per heavy atom. The molecule has 4 nitrogen and oxygen atoms in total. The molecule has 0 saturated carbocycles. The van der Waals surface area contributed by atoms with Gasteiger partial charge in [-0.2, -0.15) is 0 Å². The third kappa shape index (κ3) is 3.35. The Kier molecular flexibility index (Phi) is 4.97. The van der Waals surface area contributed by atoms with Gasteiger partial charge >= 0.3 is 0 Å². The maximum Gasteiger partial charge on any atom is 0.255 e. The quantitative estimate of drug-likeness (QED) is 0.795. The van der Waals surface area contributed by atoms with Crippen molar-refractivity contribution in [3.8, 4) is 11.8 Å². The molecule has 1 aliphatic heterocycles. The fourth-order valence-electron chi connectivity index (χ4n) is 2.28. The monoisotopic (exact) mass is 278 g/mol. The third-order valence-corrected chi connectivity index (χ3v) is 4.10. The highest BCUT2D eigenvalue weighted by molar-refractivity contribution is 7.10. The molecule has 102 valence electrons. The first-order valence-electron chi connectivity index (χ1n) is 6.45. The van der Waals surface area contributed by atoms with Crippen molar-refractivity contribution >= 4 is 17.2 Å². The Labute approximate surface area is 117 Å². The molecule has 0 radical (unpaired) electrons. The van der Waals surface area contributed by atoms with E-state index < -0.39 is 0 Å². The van der Waals surface area contributed by atoms with Crippen molar-refractivity contribution in [3.05, 3.63) is 21.9 Å². The van der Waals surface area contributed by atoms with Gasteiger partial charge in [-0.15, -0.1) is 11.3 Å². The summed E-state index contributed by atoms with van der Waals surface area (Å²) in [6, 6.07) is 1.76. The summed E-state index contributed by atoms with van der Waals surface area (Å²) < 4.78 is 0. The highest BCUT2D eigenvalue weighted by atomic mass is 32.1. The zero-order valence-corrected chi connectivity index (χ0v) is 11.6. The largest absolute Gasteiger partial charge is 0.394 e. The molecule has 1 unspecified atom stereocenters. The van der Waals surface area contributed by atoms with Crippen LogP contribution in [0.25, 0.3) is 0 Å². The molecule has 1 fully saturated rings. The summed E-state index contributed by atoms with van der Waals surface area (Å²) in [7, 11) is 0. The second-order valence-corrected chi connectivity index (χ2v) is 5.45. The number of hydrogen-bond donors (Lipinski definition) is 2. The number of aliphatic hydroxyl groups excluding tert-OH is 1. The normalized spacial score (nSPS) is 18.8. The summed E-state index contributed by atoms with van der Waals surface area (Å²) in [5.74, 6) is 5.71. The molecule has 0 aromatic carbocycles. The molecule has 1 atom stereocenters. The van der Waals surface area contributed by atoms with Crippen LogP contribution in [0.1, 0.15) is 34.5 Å². The average Bonchev–Trinajstić information content (AvgIpc) is 2.93. The minimum Gasteiger partial charge on any atom is -0.394 e. The van der Waals surface area contributed by atoms with E-state index in [1.807, 2.05) is 5.38 Å². The number of rotatable bonds is 2. The van der Waals surface area contributed by atoms with Crippen LogP contribution in [-0.4, -0.2) is 41.7 Å². The molecule has 0 aliphatic carbocycles. The predicted octanol–water partition coefficient (Wildman–Crippen LogP) is 1.05. The van der Waals surface area contributed by atoms with Gasteiger partial charge in [-0.05, 0) is 25.3 Å². The van der Waals surface area contributed by atoms with E-state index >= 15 is 0 Å². The molecular weight excluding hydrogens is 260 g/mol. The van der Waals surface area contributed by atoms with Gasteiger partial charge in [0.25, 0.3) is 5.91 Å². The summed E-state index contributed by atoms with van der Waals surface area (Å²) in [4.78, 5) is 15.0. The molecule has 0 bridgehead atoms. The Morgan fingerprint density at radius 1 is 1.58 bits per heavy atom. The molecule has 1 aromatic rings. The van der Waals surface area contributed by atoms with Crippen molar-refractivity contribution in [3.63, 3.8) is 0 Å². The van der Waals surface area contributed by atoms with E-state index in [0.29, 0.717) is 12.1 Å². The number of amides is 1. The summed E-state index contributed by atoms with van der Waals surface area (Å²) in [6.45, 7) is 1.08. The van der Waals surface area contributed by atoms with E-state index in [4.69, 9.17) is 5.73 Å². The van der Waals surface area contributed by atoms with Crippen LogP contribution in [0.3, 0.4) is 0 Å². The molecule has 5 heteroatoms. The van der Waals surface area contributed by atoms with Crippen LogP contribution in [0.2, 0.25) is 0 Å². The zero-order valence-electron chi connectivity index (χ0n) is 10.8. The fraction of sp³-hybridized carbons (Fsp3) is 0.500. The first-order valence-corrected chi connectivity index (χ1v) is 7.33. The number of nitrogens with two attached hydrogens (primary N) is 1. The van der Waals surface area contributed by atoms with Crippen LogP contribution in [0, 0.1) is 11.8 Å². The van der Waals surface area contributed by atoms with Crippen LogP contribution in [-0.2, 0) is 0 Å². The van der Waals surface area contributed by atoms with Crippen LogP contribution in [0.15, 0.2) is 11.4 Å². The number of hydrogen-bond acceptors (Lipinski definition) is 4. The Morgan fingerprint density at radius 3 is 3.16 bits per heavy atom. The molecule has 1 saturated heterocycles. The smallest absolute Gasteiger partial charge is 0.255 e. The number of nitrogens with zero attached hydrogens (tertiary/aromatic N) is 1. The molecule has 19 heavy (non-hydrogen) atoms. The van der Waals surface area contributed by atoms with Crippen molar-refractivity contribution in [1.82, 2.24) is 4.90 Å². The summed E-state index contributed by atoms with van der Waals surface area (Å²) >= 11 is 1.45. The van der Waals surface area contributed by atoms with Crippen LogP contribution < -0.4 is 5.73 Å². The lowest BCUT2D eigenvalue weighted by atomic mass is 10.0. The molecule has 3 N–H and O–H groups in total. The van der Waals surface area contributed by atoms with Gasteiger partial charge in [-0.1, -0.05) is 11.8 Å². The standard InChI is InChI=1S/C14H18N2O2S/c15-6-3-5-13-8-11(10-19-13)14(18)16-7-2-1-4-12(16)9-17/h8,10,12,17H,1-2,4,6-7,9,15H2. The summed E-state index contributed by atoms with van der Waals surface area (Å²) in [5, 5.41) is 11.2. The van der Waals surface area contributed by atoms with E-state index in [9.17, 15) is 9.90 Å². The van der Waals surface area contributed by atoms with Gasteiger partial charge in [0.05, 0.1) is 29.6 Å². The average molecular weight is 278 g/mol. The van der Waals surface area contributed by atoms with Crippen molar-refractivity contribution < 1.29 is 9.90 Å². The maximum absolute atomic E-state index is 12.4. The van der Waals surface area contributed by atoms with E-state index in [-0.39, 0.29) is 18.6 Å². The van der Waals surface area contributed by atoms with Gasteiger partial charge in [0.2, 0.25) is 0 Å². The van der Waals surface area contributed by atoms with Gasteiger partial charge in [0, 0.05) is 11.9 Å². The van der Waals surface area contributed by atoms with Crippen molar-refractivity contribution in [2.45, 2.75) is 25.3 Å². The summed E-state index contributed by atoms with van der Waals surface area (Å²) in [6.07, 6.45) is 2.96. The number of likely N-dealkylation sites (tertiary alicyclic amines) is 1. The van der Waals surface area contributed by atoms with Crippen molar-refractivity contribution in [1.29, 1.82) is 0 Å². The van der Waals surface area contributed by atoms with E-state index in [2.05, 4.69) is 11.8 Å². The predicted molar refractivity (Wildman–Crippen MR) is 76.0 cm³/mol. The zero-order chi connectivity index (χ0) is 13.7. The number of piperidine rings is 1.